The molecule has 2 rings (SSSR count). The van der Waals surface area contributed by atoms with Crippen molar-refractivity contribution in [1.29, 1.82) is 0 Å². The van der Waals surface area contributed by atoms with Crippen molar-refractivity contribution >= 4 is 5.69 Å². The largest absolute Gasteiger partial charge is 0.393 e. The summed E-state index contributed by atoms with van der Waals surface area (Å²) in [5.74, 6) is 0. The minimum Gasteiger partial charge on any atom is -0.393 e. The Labute approximate surface area is 111 Å². The zero-order valence-corrected chi connectivity index (χ0v) is 11.4. The van der Waals surface area contributed by atoms with Gasteiger partial charge in [0.15, 0.2) is 0 Å². The minimum atomic E-state index is -0.0648. The fourth-order valence-corrected chi connectivity index (χ4v) is 2.84. The average Bonchev–Trinajstić information content (AvgIpc) is 2.42. The van der Waals surface area contributed by atoms with Crippen molar-refractivity contribution in [3.8, 4) is 0 Å². The van der Waals surface area contributed by atoms with Crippen molar-refractivity contribution in [3.05, 3.63) is 30.3 Å². The summed E-state index contributed by atoms with van der Waals surface area (Å²) >= 11 is 0. The topological polar surface area (TPSA) is 23.5 Å². The molecule has 0 bridgehead atoms. The van der Waals surface area contributed by atoms with Crippen LogP contribution in [-0.2, 0) is 0 Å². The molecule has 1 aromatic rings. The molecule has 100 valence electrons. The van der Waals surface area contributed by atoms with Crippen LogP contribution in [0.5, 0.6) is 0 Å². The molecule has 0 heterocycles. The molecular weight excluding hydrogens is 222 g/mol. The lowest BCUT2D eigenvalue weighted by Gasteiger charge is -2.37. The van der Waals surface area contributed by atoms with Gasteiger partial charge in [-0.05, 0) is 44.2 Å². The Bertz CT molecular complexity index is 330. The molecule has 0 unspecified atom stereocenters. The molecule has 1 saturated carbocycles. The van der Waals surface area contributed by atoms with E-state index in [1.54, 1.807) is 0 Å². The summed E-state index contributed by atoms with van der Waals surface area (Å²) < 4.78 is 0. The molecule has 0 radical (unpaired) electrons. The highest BCUT2D eigenvalue weighted by atomic mass is 16.3. The first-order valence-electron chi connectivity index (χ1n) is 7.31. The second-order valence-corrected chi connectivity index (χ2v) is 5.34. The highest BCUT2D eigenvalue weighted by Crippen LogP contribution is 2.27. The van der Waals surface area contributed by atoms with Gasteiger partial charge in [-0.1, -0.05) is 31.5 Å². The van der Waals surface area contributed by atoms with Crippen LogP contribution in [0.3, 0.4) is 0 Å². The summed E-state index contributed by atoms with van der Waals surface area (Å²) in [5.41, 5.74) is 1.34. The Morgan fingerprint density at radius 3 is 2.39 bits per heavy atom. The molecule has 1 aliphatic rings. The van der Waals surface area contributed by atoms with Crippen LogP contribution in [0.2, 0.25) is 0 Å². The maximum atomic E-state index is 9.64. The first-order valence-corrected chi connectivity index (χ1v) is 7.31. The molecule has 0 aromatic heterocycles. The first-order chi connectivity index (χ1) is 8.81. The van der Waals surface area contributed by atoms with Crippen molar-refractivity contribution in [2.45, 2.75) is 57.6 Å². The van der Waals surface area contributed by atoms with E-state index in [-0.39, 0.29) is 6.10 Å². The van der Waals surface area contributed by atoms with Gasteiger partial charge in [0.25, 0.3) is 0 Å². The van der Waals surface area contributed by atoms with Crippen molar-refractivity contribution < 1.29 is 5.11 Å². The van der Waals surface area contributed by atoms with Crippen LogP contribution >= 0.6 is 0 Å². The maximum absolute atomic E-state index is 9.64. The summed E-state index contributed by atoms with van der Waals surface area (Å²) in [6.45, 7) is 3.38. The lowest BCUT2D eigenvalue weighted by molar-refractivity contribution is 0.121. The molecule has 0 saturated heterocycles. The molecule has 1 N–H and O–H groups in total. The van der Waals surface area contributed by atoms with Gasteiger partial charge in [0.2, 0.25) is 0 Å². The minimum absolute atomic E-state index is 0.0648. The third kappa shape index (κ3) is 3.49. The number of para-hydroxylation sites is 1. The summed E-state index contributed by atoms with van der Waals surface area (Å²) in [4.78, 5) is 2.55. The fourth-order valence-electron chi connectivity index (χ4n) is 2.84. The first kappa shape index (κ1) is 13.4. The number of aliphatic hydroxyl groups excluding tert-OH is 1. The van der Waals surface area contributed by atoms with Crippen molar-refractivity contribution in [3.63, 3.8) is 0 Å². The van der Waals surface area contributed by atoms with Crippen LogP contribution in [0.15, 0.2) is 30.3 Å². The fraction of sp³-hybridized carbons (Fsp3) is 0.625. The monoisotopic (exact) mass is 247 g/mol. The van der Waals surface area contributed by atoms with Crippen LogP contribution < -0.4 is 4.90 Å². The van der Waals surface area contributed by atoms with Gasteiger partial charge in [-0.15, -0.1) is 0 Å². The van der Waals surface area contributed by atoms with Gasteiger partial charge in [-0.2, -0.15) is 0 Å². The van der Waals surface area contributed by atoms with E-state index in [0.717, 1.165) is 32.2 Å². The predicted octanol–water partition coefficient (Wildman–Crippen LogP) is 3.60. The smallest absolute Gasteiger partial charge is 0.0541 e. The number of aliphatic hydroxyl groups is 1. The molecule has 1 fully saturated rings. The standard InChI is InChI=1S/C16H25NO/c1-2-3-13-17(14-7-5-4-6-8-14)15-9-11-16(18)12-10-15/h4-8,15-16,18H,2-3,9-13H2,1H3. The number of nitrogens with zero attached hydrogens (tertiary/aromatic N) is 1. The number of anilines is 1. The normalized spacial score (nSPS) is 23.9. The summed E-state index contributed by atoms with van der Waals surface area (Å²) in [6.07, 6.45) is 6.58. The number of hydrogen-bond acceptors (Lipinski definition) is 2. The lowest BCUT2D eigenvalue weighted by Crippen LogP contribution is -2.39. The molecule has 2 nitrogen and oxygen atoms in total. The van der Waals surface area contributed by atoms with Gasteiger partial charge in [0, 0.05) is 18.3 Å². The van der Waals surface area contributed by atoms with Crippen LogP contribution in [0, 0.1) is 0 Å². The van der Waals surface area contributed by atoms with Gasteiger partial charge < -0.3 is 10.0 Å². The predicted molar refractivity (Wildman–Crippen MR) is 77.0 cm³/mol. The Morgan fingerprint density at radius 1 is 1.11 bits per heavy atom. The van der Waals surface area contributed by atoms with E-state index in [1.165, 1.54) is 18.5 Å². The zero-order chi connectivity index (χ0) is 12.8. The van der Waals surface area contributed by atoms with E-state index in [1.807, 2.05) is 0 Å². The molecule has 2 heteroatoms. The number of rotatable bonds is 5. The second kappa shape index (κ2) is 6.79. The van der Waals surface area contributed by atoms with E-state index < -0.39 is 0 Å². The van der Waals surface area contributed by atoms with Gasteiger partial charge in [0.05, 0.1) is 6.10 Å². The van der Waals surface area contributed by atoms with Crippen LogP contribution in [-0.4, -0.2) is 23.8 Å². The zero-order valence-electron chi connectivity index (χ0n) is 11.4. The summed E-state index contributed by atoms with van der Waals surface area (Å²) in [7, 11) is 0. The van der Waals surface area contributed by atoms with Crippen molar-refractivity contribution in [2.24, 2.45) is 0 Å². The Hall–Kier alpha value is -1.02. The summed E-state index contributed by atoms with van der Waals surface area (Å²) in [6, 6.07) is 11.3. The molecule has 0 atom stereocenters. The van der Waals surface area contributed by atoms with Gasteiger partial charge in [-0.25, -0.2) is 0 Å². The van der Waals surface area contributed by atoms with Crippen molar-refractivity contribution in [2.75, 3.05) is 11.4 Å². The number of unbranched alkanes of at least 4 members (excludes halogenated alkanes) is 1. The molecule has 0 aliphatic heterocycles. The Morgan fingerprint density at radius 2 is 1.78 bits per heavy atom. The highest BCUT2D eigenvalue weighted by molar-refractivity contribution is 5.47. The van der Waals surface area contributed by atoms with E-state index >= 15 is 0 Å². The number of hydrogen-bond donors (Lipinski definition) is 1. The second-order valence-electron chi connectivity index (χ2n) is 5.34. The average molecular weight is 247 g/mol. The van der Waals surface area contributed by atoms with Crippen LogP contribution in [0.4, 0.5) is 5.69 Å². The van der Waals surface area contributed by atoms with E-state index in [4.69, 9.17) is 0 Å². The van der Waals surface area contributed by atoms with Gasteiger partial charge in [0.1, 0.15) is 0 Å². The summed E-state index contributed by atoms with van der Waals surface area (Å²) in [5, 5.41) is 9.64. The molecule has 1 aromatic carbocycles. The van der Waals surface area contributed by atoms with Crippen LogP contribution in [0.25, 0.3) is 0 Å². The van der Waals surface area contributed by atoms with E-state index in [0.29, 0.717) is 6.04 Å². The number of benzene rings is 1. The van der Waals surface area contributed by atoms with Gasteiger partial charge in [-0.3, -0.25) is 0 Å². The Balaban J connectivity index is 2.05. The molecular formula is C16H25NO. The highest BCUT2D eigenvalue weighted by Gasteiger charge is 2.24. The maximum Gasteiger partial charge on any atom is 0.0541 e. The van der Waals surface area contributed by atoms with E-state index in [2.05, 4.69) is 42.2 Å². The molecule has 1 aliphatic carbocycles. The molecule has 18 heavy (non-hydrogen) atoms. The quantitative estimate of drug-likeness (QED) is 0.859. The van der Waals surface area contributed by atoms with Gasteiger partial charge >= 0.3 is 0 Å². The molecule has 0 spiro atoms. The third-order valence-electron chi connectivity index (χ3n) is 3.95. The van der Waals surface area contributed by atoms with E-state index in [9.17, 15) is 5.11 Å². The Kier molecular flexibility index (Phi) is 5.06. The SMILES string of the molecule is CCCCN(c1ccccc1)C1CCC(O)CC1. The molecule has 0 amide bonds. The third-order valence-corrected chi connectivity index (χ3v) is 3.95. The lowest BCUT2D eigenvalue weighted by atomic mass is 9.91. The van der Waals surface area contributed by atoms with Crippen molar-refractivity contribution in [1.82, 2.24) is 0 Å². The van der Waals surface area contributed by atoms with Crippen LogP contribution in [0.1, 0.15) is 45.4 Å².